The Balaban J connectivity index is 1.55. The van der Waals surface area contributed by atoms with Gasteiger partial charge in [0.2, 0.25) is 0 Å². The largest absolute Gasteiger partial charge is 0.349 e. The summed E-state index contributed by atoms with van der Waals surface area (Å²) in [4.78, 5) is 31.2. The van der Waals surface area contributed by atoms with Crippen LogP contribution in [-0.4, -0.2) is 49.6 Å². The number of hydrogen-bond acceptors (Lipinski definition) is 7. The minimum atomic E-state index is -0.335. The van der Waals surface area contributed by atoms with Crippen LogP contribution in [0.15, 0.2) is 59.5 Å². The average Bonchev–Trinajstić information content (AvgIpc) is 2.90. The molecule has 0 bridgehead atoms. The maximum atomic E-state index is 12.8. The van der Waals surface area contributed by atoms with E-state index < -0.39 is 0 Å². The Morgan fingerprint density at radius 2 is 1.68 bits per heavy atom. The van der Waals surface area contributed by atoms with Crippen LogP contribution in [0.5, 0.6) is 0 Å². The van der Waals surface area contributed by atoms with Gasteiger partial charge in [0.05, 0.1) is 17.3 Å². The molecule has 37 heavy (non-hydrogen) atoms. The SMILES string of the molecule is Cc1ccc(C(c2ccc(C)cn2)N2CC(C)N(c3nc(=O)n(C)c4ccc(C#N)nc34)CC2C)cc1. The van der Waals surface area contributed by atoms with Gasteiger partial charge in [0, 0.05) is 38.4 Å². The molecule has 1 aliphatic rings. The summed E-state index contributed by atoms with van der Waals surface area (Å²) in [5, 5.41) is 9.44. The molecular formula is C29H31N7O. The van der Waals surface area contributed by atoms with Crippen molar-refractivity contribution < 1.29 is 0 Å². The van der Waals surface area contributed by atoms with Gasteiger partial charge in [-0.05, 0) is 57.0 Å². The first-order valence-electron chi connectivity index (χ1n) is 12.6. The number of aromatic nitrogens is 4. The van der Waals surface area contributed by atoms with E-state index in [1.807, 2.05) is 13.1 Å². The zero-order valence-corrected chi connectivity index (χ0v) is 21.9. The number of hydrogen-bond donors (Lipinski definition) is 0. The van der Waals surface area contributed by atoms with Crippen molar-refractivity contribution in [3.05, 3.63) is 93.3 Å². The molecule has 188 valence electrons. The van der Waals surface area contributed by atoms with E-state index in [-0.39, 0.29) is 23.8 Å². The van der Waals surface area contributed by atoms with Crippen molar-refractivity contribution in [1.82, 2.24) is 24.4 Å². The van der Waals surface area contributed by atoms with Gasteiger partial charge in [0.15, 0.2) is 5.82 Å². The highest BCUT2D eigenvalue weighted by Crippen LogP contribution is 2.34. The lowest BCUT2D eigenvalue weighted by Crippen LogP contribution is -2.58. The van der Waals surface area contributed by atoms with Gasteiger partial charge in [-0.15, -0.1) is 0 Å². The molecule has 1 saturated heterocycles. The van der Waals surface area contributed by atoms with Crippen LogP contribution < -0.4 is 10.6 Å². The summed E-state index contributed by atoms with van der Waals surface area (Å²) in [6, 6.07) is 18.6. The number of rotatable bonds is 4. The smallest absolute Gasteiger partial charge is 0.349 e. The fraction of sp³-hybridized carbons (Fsp3) is 0.345. The standard InChI is InChI=1S/C29H31N7O/c1-18-6-9-22(10-7-18)27(24-12-8-19(2)15-31-24)35-16-21(4)36(17-20(35)3)28-26-25(34(5)29(37)33-28)13-11-23(14-30)32-26/h6-13,15,20-21,27H,16-17H2,1-5H3. The lowest BCUT2D eigenvalue weighted by Gasteiger charge is -2.47. The fourth-order valence-electron chi connectivity index (χ4n) is 5.20. The number of benzene rings is 1. The Kier molecular flexibility index (Phi) is 6.48. The molecule has 0 amide bonds. The van der Waals surface area contributed by atoms with E-state index in [9.17, 15) is 10.1 Å². The second kappa shape index (κ2) is 9.75. The number of aryl methyl sites for hydroxylation is 3. The zero-order chi connectivity index (χ0) is 26.3. The first kappa shape index (κ1) is 24.6. The van der Waals surface area contributed by atoms with Crippen molar-refractivity contribution in [2.75, 3.05) is 18.0 Å². The van der Waals surface area contributed by atoms with Crippen LogP contribution >= 0.6 is 0 Å². The molecule has 3 unspecified atom stereocenters. The number of pyridine rings is 2. The topological polar surface area (TPSA) is 90.9 Å². The van der Waals surface area contributed by atoms with Crippen molar-refractivity contribution >= 4 is 16.9 Å². The summed E-state index contributed by atoms with van der Waals surface area (Å²) in [6.45, 7) is 9.89. The molecule has 0 aliphatic carbocycles. The van der Waals surface area contributed by atoms with Crippen LogP contribution in [0, 0.1) is 25.2 Å². The number of anilines is 1. The van der Waals surface area contributed by atoms with Crippen LogP contribution in [0.4, 0.5) is 5.82 Å². The Hall–Kier alpha value is -4.09. The molecule has 8 heteroatoms. The van der Waals surface area contributed by atoms with Gasteiger partial charge in [0.1, 0.15) is 17.3 Å². The van der Waals surface area contributed by atoms with E-state index >= 15 is 0 Å². The van der Waals surface area contributed by atoms with Crippen molar-refractivity contribution in [2.24, 2.45) is 7.05 Å². The summed E-state index contributed by atoms with van der Waals surface area (Å²) in [5.41, 5.74) is 5.77. The predicted molar refractivity (Wildman–Crippen MR) is 144 cm³/mol. The van der Waals surface area contributed by atoms with E-state index in [0.29, 0.717) is 29.1 Å². The third kappa shape index (κ3) is 4.58. The highest BCUT2D eigenvalue weighted by Gasteiger charge is 2.37. The number of fused-ring (bicyclic) bond motifs is 1. The molecule has 1 aromatic carbocycles. The Labute approximate surface area is 216 Å². The van der Waals surface area contributed by atoms with Crippen molar-refractivity contribution in [3.63, 3.8) is 0 Å². The van der Waals surface area contributed by atoms with Crippen molar-refractivity contribution in [1.29, 1.82) is 5.26 Å². The summed E-state index contributed by atoms with van der Waals surface area (Å²) >= 11 is 0. The van der Waals surface area contributed by atoms with Crippen LogP contribution in [0.3, 0.4) is 0 Å². The molecule has 5 rings (SSSR count). The molecule has 0 spiro atoms. The fourth-order valence-corrected chi connectivity index (χ4v) is 5.20. The van der Waals surface area contributed by atoms with E-state index in [0.717, 1.165) is 17.8 Å². The monoisotopic (exact) mass is 493 g/mol. The average molecular weight is 494 g/mol. The molecule has 0 N–H and O–H groups in total. The molecular weight excluding hydrogens is 462 g/mol. The molecule has 8 nitrogen and oxygen atoms in total. The molecule has 1 fully saturated rings. The first-order chi connectivity index (χ1) is 17.8. The minimum Gasteiger partial charge on any atom is -0.349 e. The Morgan fingerprint density at radius 3 is 2.35 bits per heavy atom. The number of nitriles is 1. The van der Waals surface area contributed by atoms with Crippen LogP contribution in [0.25, 0.3) is 11.0 Å². The van der Waals surface area contributed by atoms with E-state index in [4.69, 9.17) is 4.98 Å². The summed E-state index contributed by atoms with van der Waals surface area (Å²) in [6.07, 6.45) is 1.93. The summed E-state index contributed by atoms with van der Waals surface area (Å²) < 4.78 is 1.48. The highest BCUT2D eigenvalue weighted by molar-refractivity contribution is 5.86. The zero-order valence-electron chi connectivity index (χ0n) is 21.9. The second-order valence-electron chi connectivity index (χ2n) is 10.1. The maximum Gasteiger partial charge on any atom is 0.349 e. The lowest BCUT2D eigenvalue weighted by molar-refractivity contribution is 0.127. The van der Waals surface area contributed by atoms with Crippen LogP contribution in [-0.2, 0) is 7.05 Å². The van der Waals surface area contributed by atoms with E-state index in [1.54, 1.807) is 19.2 Å². The van der Waals surface area contributed by atoms with Gasteiger partial charge in [-0.3, -0.25) is 14.5 Å². The minimum absolute atomic E-state index is 0.00235. The van der Waals surface area contributed by atoms with Gasteiger partial charge in [0.25, 0.3) is 0 Å². The molecule has 3 aromatic heterocycles. The molecule has 4 heterocycles. The van der Waals surface area contributed by atoms with Crippen LogP contribution in [0.2, 0.25) is 0 Å². The Morgan fingerprint density at radius 1 is 0.946 bits per heavy atom. The molecule has 3 atom stereocenters. The normalized spacial score (nSPS) is 19.1. The van der Waals surface area contributed by atoms with E-state index in [2.05, 4.69) is 83.0 Å². The van der Waals surface area contributed by atoms with Crippen molar-refractivity contribution in [3.8, 4) is 6.07 Å². The lowest BCUT2D eigenvalue weighted by atomic mass is 9.95. The number of nitrogens with zero attached hydrogens (tertiary/aromatic N) is 7. The highest BCUT2D eigenvalue weighted by atomic mass is 16.1. The van der Waals surface area contributed by atoms with Gasteiger partial charge in [-0.2, -0.15) is 10.2 Å². The third-order valence-electron chi connectivity index (χ3n) is 7.30. The molecule has 0 saturated carbocycles. The Bertz CT molecular complexity index is 1490. The predicted octanol–water partition coefficient (Wildman–Crippen LogP) is 3.90. The second-order valence-corrected chi connectivity index (χ2v) is 10.1. The third-order valence-corrected chi connectivity index (χ3v) is 7.30. The van der Waals surface area contributed by atoms with Gasteiger partial charge in [-0.25, -0.2) is 9.78 Å². The van der Waals surface area contributed by atoms with Gasteiger partial charge < -0.3 is 4.90 Å². The molecule has 4 aromatic rings. The maximum absolute atomic E-state index is 12.8. The number of piperazine rings is 1. The summed E-state index contributed by atoms with van der Waals surface area (Å²) in [7, 11) is 1.68. The van der Waals surface area contributed by atoms with Gasteiger partial charge >= 0.3 is 5.69 Å². The van der Waals surface area contributed by atoms with Gasteiger partial charge in [-0.1, -0.05) is 35.9 Å². The quantitative estimate of drug-likeness (QED) is 0.426. The molecule has 1 aliphatic heterocycles. The summed E-state index contributed by atoms with van der Waals surface area (Å²) in [5.74, 6) is 0.537. The first-order valence-corrected chi connectivity index (χ1v) is 12.6. The van der Waals surface area contributed by atoms with Crippen molar-refractivity contribution in [2.45, 2.75) is 45.8 Å². The van der Waals surface area contributed by atoms with Crippen LogP contribution in [0.1, 0.15) is 48.0 Å². The van der Waals surface area contributed by atoms with E-state index in [1.165, 1.54) is 15.7 Å². The molecule has 0 radical (unpaired) electrons.